The molecule has 0 spiro atoms. The molecule has 10 heteroatoms. The first-order valence-corrected chi connectivity index (χ1v) is 8.24. The molecule has 0 saturated heterocycles. The van der Waals surface area contributed by atoms with Crippen LogP contribution in [0.1, 0.15) is 16.2 Å². The molecule has 1 N–H and O–H groups in total. The van der Waals surface area contributed by atoms with E-state index < -0.39 is 10.8 Å². The number of nitrogens with zero attached hydrogens (tertiary/aromatic N) is 3. The SMILES string of the molecule is Cc1c(Br)c(C(=O)Nc2c(Br)cc([N+](=O)[O-])cc2Br)nn1C. The van der Waals surface area contributed by atoms with Gasteiger partial charge in [0, 0.05) is 28.1 Å². The van der Waals surface area contributed by atoms with Crippen molar-refractivity contribution in [2.24, 2.45) is 7.05 Å². The average Bonchev–Trinajstić information content (AvgIpc) is 2.70. The Kier molecular flexibility index (Phi) is 5.03. The minimum Gasteiger partial charge on any atom is -0.319 e. The molecule has 2 aromatic rings. The van der Waals surface area contributed by atoms with Gasteiger partial charge in [0.1, 0.15) is 0 Å². The van der Waals surface area contributed by atoms with E-state index in [1.165, 1.54) is 12.1 Å². The van der Waals surface area contributed by atoms with E-state index in [0.717, 1.165) is 5.69 Å². The van der Waals surface area contributed by atoms with Gasteiger partial charge < -0.3 is 5.32 Å². The zero-order valence-corrected chi connectivity index (χ0v) is 16.1. The highest BCUT2D eigenvalue weighted by molar-refractivity contribution is 9.11. The van der Waals surface area contributed by atoms with Crippen LogP contribution in [0.15, 0.2) is 25.6 Å². The number of nitro benzene ring substituents is 1. The van der Waals surface area contributed by atoms with E-state index in [4.69, 9.17) is 0 Å². The minimum absolute atomic E-state index is 0.0911. The van der Waals surface area contributed by atoms with Gasteiger partial charge in [-0.3, -0.25) is 19.6 Å². The number of carbonyl (C=O) groups excluding carboxylic acids is 1. The smallest absolute Gasteiger partial charge is 0.277 e. The maximum atomic E-state index is 12.3. The number of nitrogens with one attached hydrogen (secondary N) is 1. The van der Waals surface area contributed by atoms with Gasteiger partial charge in [0.2, 0.25) is 0 Å². The molecule has 0 aliphatic carbocycles. The molecule has 0 bridgehead atoms. The number of hydrogen-bond donors (Lipinski definition) is 1. The standard InChI is InChI=1S/C12H9Br3N4O3/c1-5-9(15)11(17-18(5)2)12(20)16-10-7(13)3-6(19(21)22)4-8(10)14/h3-4H,1-2H3,(H,16,20). The third-order valence-electron chi connectivity index (χ3n) is 2.95. The van der Waals surface area contributed by atoms with Gasteiger partial charge in [0.15, 0.2) is 5.69 Å². The number of halogens is 3. The van der Waals surface area contributed by atoms with E-state index in [9.17, 15) is 14.9 Å². The van der Waals surface area contributed by atoms with Crippen LogP contribution in [0.4, 0.5) is 11.4 Å². The largest absolute Gasteiger partial charge is 0.319 e. The Hall–Kier alpha value is -1.26. The van der Waals surface area contributed by atoms with E-state index >= 15 is 0 Å². The van der Waals surface area contributed by atoms with E-state index in [0.29, 0.717) is 19.1 Å². The highest BCUT2D eigenvalue weighted by atomic mass is 79.9. The number of anilines is 1. The molecule has 1 aromatic carbocycles. The summed E-state index contributed by atoms with van der Waals surface area (Å²) in [7, 11) is 1.73. The molecule has 0 saturated carbocycles. The molecule has 0 fully saturated rings. The highest BCUT2D eigenvalue weighted by Crippen LogP contribution is 2.35. The number of rotatable bonds is 3. The van der Waals surface area contributed by atoms with Crippen molar-refractivity contribution >= 4 is 65.1 Å². The number of non-ortho nitro benzene ring substituents is 1. The minimum atomic E-state index is -0.514. The Bertz CT molecular complexity index is 765. The maximum Gasteiger partial charge on any atom is 0.277 e. The first-order valence-electron chi connectivity index (χ1n) is 5.86. The van der Waals surface area contributed by atoms with Crippen LogP contribution in [0.5, 0.6) is 0 Å². The van der Waals surface area contributed by atoms with E-state index in [2.05, 4.69) is 58.2 Å². The Morgan fingerprint density at radius 2 is 1.86 bits per heavy atom. The quantitative estimate of drug-likeness (QED) is 0.510. The third kappa shape index (κ3) is 3.23. The third-order valence-corrected chi connectivity index (χ3v) is 5.15. The lowest BCUT2D eigenvalue weighted by Crippen LogP contribution is -2.14. The van der Waals surface area contributed by atoms with Crippen molar-refractivity contribution in [2.75, 3.05) is 5.32 Å². The zero-order chi connectivity index (χ0) is 16.6. The molecule has 7 nitrogen and oxygen atoms in total. The molecule has 0 aliphatic heterocycles. The predicted octanol–water partition coefficient (Wildman–Crippen LogP) is 4.18. The lowest BCUT2D eigenvalue weighted by Gasteiger charge is -2.08. The summed E-state index contributed by atoms with van der Waals surface area (Å²) in [6.07, 6.45) is 0. The summed E-state index contributed by atoms with van der Waals surface area (Å²) in [5, 5.41) is 17.6. The monoisotopic (exact) mass is 494 g/mol. The van der Waals surface area contributed by atoms with Gasteiger partial charge in [-0.1, -0.05) is 0 Å². The van der Waals surface area contributed by atoms with Gasteiger partial charge in [-0.25, -0.2) is 0 Å². The van der Waals surface area contributed by atoms with Gasteiger partial charge in [0.05, 0.1) is 20.8 Å². The summed E-state index contributed by atoms with van der Waals surface area (Å²) in [5.41, 5.74) is 1.35. The van der Waals surface area contributed by atoms with E-state index in [1.54, 1.807) is 11.7 Å². The summed E-state index contributed by atoms with van der Waals surface area (Å²) >= 11 is 9.76. The van der Waals surface area contributed by atoms with Crippen molar-refractivity contribution in [2.45, 2.75) is 6.92 Å². The second-order valence-corrected chi connectivity index (χ2v) is 6.87. The van der Waals surface area contributed by atoms with Crippen LogP contribution in [0.3, 0.4) is 0 Å². The lowest BCUT2D eigenvalue weighted by atomic mass is 10.2. The van der Waals surface area contributed by atoms with Gasteiger partial charge in [0.25, 0.3) is 11.6 Å². The summed E-state index contributed by atoms with van der Waals surface area (Å²) < 4.78 is 2.97. The fourth-order valence-corrected chi connectivity index (χ4v) is 3.56. The number of hydrogen-bond acceptors (Lipinski definition) is 4. The molecule has 1 heterocycles. The predicted molar refractivity (Wildman–Crippen MR) is 92.1 cm³/mol. The number of benzene rings is 1. The number of aryl methyl sites for hydroxylation is 1. The molecule has 0 atom stereocenters. The fraction of sp³-hybridized carbons (Fsp3) is 0.167. The molecule has 0 radical (unpaired) electrons. The topological polar surface area (TPSA) is 90.1 Å². The van der Waals surface area contributed by atoms with Gasteiger partial charge >= 0.3 is 0 Å². The van der Waals surface area contributed by atoms with Crippen LogP contribution < -0.4 is 5.32 Å². The zero-order valence-electron chi connectivity index (χ0n) is 11.4. The van der Waals surface area contributed by atoms with Crippen molar-refractivity contribution in [1.29, 1.82) is 0 Å². The normalized spacial score (nSPS) is 10.6. The van der Waals surface area contributed by atoms with Crippen LogP contribution in [-0.4, -0.2) is 20.6 Å². The Balaban J connectivity index is 2.36. The summed E-state index contributed by atoms with van der Waals surface area (Å²) in [5.74, 6) is -0.425. The van der Waals surface area contributed by atoms with Crippen molar-refractivity contribution in [1.82, 2.24) is 9.78 Å². The number of carbonyl (C=O) groups is 1. The van der Waals surface area contributed by atoms with Crippen molar-refractivity contribution in [3.8, 4) is 0 Å². The van der Waals surface area contributed by atoms with Crippen LogP contribution in [0.2, 0.25) is 0 Å². The number of aromatic nitrogens is 2. The molecule has 1 amide bonds. The van der Waals surface area contributed by atoms with Crippen LogP contribution >= 0.6 is 47.8 Å². The molecule has 0 unspecified atom stereocenters. The van der Waals surface area contributed by atoms with Crippen LogP contribution in [0.25, 0.3) is 0 Å². The molecular weight excluding hydrogens is 488 g/mol. The van der Waals surface area contributed by atoms with Crippen molar-refractivity contribution < 1.29 is 9.72 Å². The molecule has 22 heavy (non-hydrogen) atoms. The molecule has 0 aliphatic rings. The molecular formula is C12H9Br3N4O3. The Morgan fingerprint density at radius 1 is 1.32 bits per heavy atom. The molecule has 2 rings (SSSR count). The summed E-state index contributed by atoms with van der Waals surface area (Å²) in [4.78, 5) is 22.6. The van der Waals surface area contributed by atoms with E-state index in [-0.39, 0.29) is 11.4 Å². The number of nitro groups is 1. The maximum absolute atomic E-state index is 12.3. The van der Waals surface area contributed by atoms with E-state index in [1.807, 2.05) is 6.92 Å². The Morgan fingerprint density at radius 3 is 2.27 bits per heavy atom. The van der Waals surface area contributed by atoms with Gasteiger partial charge in [-0.15, -0.1) is 0 Å². The second-order valence-electron chi connectivity index (χ2n) is 4.37. The molecule has 116 valence electrons. The van der Waals surface area contributed by atoms with Crippen LogP contribution in [-0.2, 0) is 7.05 Å². The lowest BCUT2D eigenvalue weighted by molar-refractivity contribution is -0.385. The average molecular weight is 497 g/mol. The fourth-order valence-electron chi connectivity index (χ4n) is 1.68. The molecule has 1 aromatic heterocycles. The summed E-state index contributed by atoms with van der Waals surface area (Å²) in [6, 6.07) is 2.64. The first-order chi connectivity index (χ1) is 10.2. The highest BCUT2D eigenvalue weighted by Gasteiger charge is 2.21. The van der Waals surface area contributed by atoms with Crippen molar-refractivity contribution in [3.05, 3.63) is 47.1 Å². The first kappa shape index (κ1) is 17.1. The second kappa shape index (κ2) is 6.47. The number of amides is 1. The van der Waals surface area contributed by atoms with Gasteiger partial charge in [-0.05, 0) is 54.7 Å². The Labute approximate surface area is 150 Å². The van der Waals surface area contributed by atoms with Gasteiger partial charge in [-0.2, -0.15) is 5.10 Å². The van der Waals surface area contributed by atoms with Crippen LogP contribution in [0, 0.1) is 17.0 Å². The summed E-state index contributed by atoms with van der Waals surface area (Å²) in [6.45, 7) is 1.82. The van der Waals surface area contributed by atoms with Crippen molar-refractivity contribution in [3.63, 3.8) is 0 Å².